The lowest BCUT2D eigenvalue weighted by Crippen LogP contribution is -2.26. The van der Waals surface area contributed by atoms with Crippen LogP contribution in [0.3, 0.4) is 0 Å². The smallest absolute Gasteiger partial charge is 0.241 e. The van der Waals surface area contributed by atoms with E-state index in [1.54, 1.807) is 26.4 Å². The topological polar surface area (TPSA) is 64.6 Å². The molecule has 0 fully saturated rings. The number of hydrogen-bond acceptors (Lipinski definition) is 4. The van der Waals surface area contributed by atoms with Gasteiger partial charge in [0.1, 0.15) is 0 Å². The molecule has 0 aromatic heterocycles. The summed E-state index contributed by atoms with van der Waals surface area (Å²) in [6, 6.07) is 18.3. The highest BCUT2D eigenvalue weighted by atomic mass is 32.2. The monoisotopic (exact) mass is 371 g/mol. The summed E-state index contributed by atoms with van der Waals surface area (Å²) in [6.45, 7) is 0.259. The van der Waals surface area contributed by atoms with E-state index in [-0.39, 0.29) is 11.4 Å². The van der Waals surface area contributed by atoms with E-state index in [2.05, 4.69) is 4.72 Å². The molecule has 0 aliphatic carbocycles. The van der Waals surface area contributed by atoms with Crippen molar-refractivity contribution in [1.82, 2.24) is 4.72 Å². The number of ether oxygens (including phenoxy) is 2. The molecule has 0 saturated carbocycles. The van der Waals surface area contributed by atoms with Crippen LogP contribution in [0.5, 0.6) is 11.5 Å². The lowest BCUT2D eigenvalue weighted by Gasteiger charge is -2.13. The summed E-state index contributed by atoms with van der Waals surface area (Å²) >= 11 is 0. The van der Waals surface area contributed by atoms with Gasteiger partial charge < -0.3 is 9.47 Å². The van der Waals surface area contributed by atoms with Crippen LogP contribution in [0.2, 0.25) is 0 Å². The van der Waals surface area contributed by atoms with Crippen LogP contribution < -0.4 is 14.2 Å². The number of rotatable bonds is 7. The standard InChI is InChI=1S/C20H21NO4S/c1-24-18-11-5-9-16(20(18)25-2)13-14-21-26(22,23)19-12-6-8-15-7-3-4-10-17(15)19/h3-12,21H,13-14H2,1-2H3. The second kappa shape index (κ2) is 7.76. The number of fused-ring (bicyclic) bond motifs is 1. The predicted molar refractivity (Wildman–Crippen MR) is 102 cm³/mol. The normalized spacial score (nSPS) is 11.5. The molecular formula is C20H21NO4S. The van der Waals surface area contributed by atoms with Gasteiger partial charge in [-0.05, 0) is 29.5 Å². The molecule has 0 saturated heterocycles. The molecule has 0 radical (unpaired) electrons. The summed E-state index contributed by atoms with van der Waals surface area (Å²) < 4.78 is 38.8. The second-order valence-corrected chi connectivity index (χ2v) is 7.51. The number of hydrogen-bond donors (Lipinski definition) is 1. The van der Waals surface area contributed by atoms with Crippen LogP contribution in [-0.2, 0) is 16.4 Å². The fourth-order valence-electron chi connectivity index (χ4n) is 2.98. The van der Waals surface area contributed by atoms with Crippen molar-refractivity contribution >= 4 is 20.8 Å². The summed E-state index contributed by atoms with van der Waals surface area (Å²) in [6.07, 6.45) is 0.490. The van der Waals surface area contributed by atoms with E-state index in [1.807, 2.05) is 48.5 Å². The van der Waals surface area contributed by atoms with Crippen molar-refractivity contribution in [3.8, 4) is 11.5 Å². The average molecular weight is 371 g/mol. The lowest BCUT2D eigenvalue weighted by atomic mass is 10.1. The zero-order valence-corrected chi connectivity index (χ0v) is 15.5. The summed E-state index contributed by atoms with van der Waals surface area (Å²) in [5.41, 5.74) is 0.882. The Hall–Kier alpha value is -2.57. The van der Waals surface area contributed by atoms with Crippen molar-refractivity contribution < 1.29 is 17.9 Å². The largest absolute Gasteiger partial charge is 0.493 e. The van der Waals surface area contributed by atoms with Crippen LogP contribution in [0.1, 0.15) is 5.56 Å². The van der Waals surface area contributed by atoms with Crippen LogP contribution in [0.15, 0.2) is 65.6 Å². The van der Waals surface area contributed by atoms with Gasteiger partial charge in [-0.25, -0.2) is 13.1 Å². The zero-order chi connectivity index (χ0) is 18.6. The van der Waals surface area contributed by atoms with Crippen LogP contribution >= 0.6 is 0 Å². The van der Waals surface area contributed by atoms with Gasteiger partial charge in [0, 0.05) is 11.9 Å². The number of para-hydroxylation sites is 1. The Labute approximate surface area is 153 Å². The average Bonchev–Trinajstić information content (AvgIpc) is 2.67. The summed E-state index contributed by atoms with van der Waals surface area (Å²) in [7, 11) is -0.469. The molecular weight excluding hydrogens is 350 g/mol. The number of methoxy groups -OCH3 is 2. The molecule has 0 atom stereocenters. The highest BCUT2D eigenvalue weighted by Crippen LogP contribution is 2.31. The highest BCUT2D eigenvalue weighted by Gasteiger charge is 2.17. The van der Waals surface area contributed by atoms with Gasteiger partial charge in [-0.15, -0.1) is 0 Å². The maximum Gasteiger partial charge on any atom is 0.241 e. The van der Waals surface area contributed by atoms with Gasteiger partial charge in [0.25, 0.3) is 0 Å². The Morgan fingerprint density at radius 3 is 2.38 bits per heavy atom. The van der Waals surface area contributed by atoms with Crippen LogP contribution in [-0.4, -0.2) is 29.2 Å². The molecule has 0 heterocycles. The quantitative estimate of drug-likeness (QED) is 0.692. The highest BCUT2D eigenvalue weighted by molar-refractivity contribution is 7.89. The van der Waals surface area contributed by atoms with Gasteiger partial charge in [-0.3, -0.25) is 0 Å². The first-order valence-corrected chi connectivity index (χ1v) is 9.72. The molecule has 0 amide bonds. The van der Waals surface area contributed by atoms with Gasteiger partial charge in [-0.1, -0.05) is 48.5 Å². The third-order valence-electron chi connectivity index (χ3n) is 4.21. The van der Waals surface area contributed by atoms with Crippen molar-refractivity contribution in [2.45, 2.75) is 11.3 Å². The van der Waals surface area contributed by atoms with Gasteiger partial charge >= 0.3 is 0 Å². The van der Waals surface area contributed by atoms with Gasteiger partial charge in [0.2, 0.25) is 10.0 Å². The fourth-order valence-corrected chi connectivity index (χ4v) is 4.24. The first kappa shape index (κ1) is 18.2. The summed E-state index contributed by atoms with van der Waals surface area (Å²) in [5.74, 6) is 1.25. The van der Waals surface area contributed by atoms with E-state index in [4.69, 9.17) is 9.47 Å². The molecule has 3 aromatic carbocycles. The molecule has 5 nitrogen and oxygen atoms in total. The third kappa shape index (κ3) is 3.66. The van der Waals surface area contributed by atoms with Crippen molar-refractivity contribution in [1.29, 1.82) is 0 Å². The SMILES string of the molecule is COc1cccc(CCNS(=O)(=O)c2cccc3ccccc23)c1OC. The second-order valence-electron chi connectivity index (χ2n) is 5.78. The fraction of sp³-hybridized carbons (Fsp3) is 0.200. The van der Waals surface area contributed by atoms with E-state index >= 15 is 0 Å². The van der Waals surface area contributed by atoms with Gasteiger partial charge in [0.15, 0.2) is 11.5 Å². The van der Waals surface area contributed by atoms with Crippen LogP contribution in [0.25, 0.3) is 10.8 Å². The molecule has 26 heavy (non-hydrogen) atoms. The van der Waals surface area contributed by atoms with Crippen LogP contribution in [0, 0.1) is 0 Å². The van der Waals surface area contributed by atoms with Crippen molar-refractivity contribution in [3.63, 3.8) is 0 Å². The van der Waals surface area contributed by atoms with E-state index in [0.717, 1.165) is 10.9 Å². The minimum Gasteiger partial charge on any atom is -0.493 e. The predicted octanol–water partition coefficient (Wildman–Crippen LogP) is 3.38. The first-order valence-electron chi connectivity index (χ1n) is 8.24. The maximum absolute atomic E-state index is 12.7. The molecule has 0 unspecified atom stereocenters. The Kier molecular flexibility index (Phi) is 5.44. The van der Waals surface area contributed by atoms with E-state index in [9.17, 15) is 8.42 Å². The van der Waals surface area contributed by atoms with Crippen molar-refractivity contribution in [2.24, 2.45) is 0 Å². The molecule has 136 valence electrons. The van der Waals surface area contributed by atoms with Crippen molar-refractivity contribution in [2.75, 3.05) is 20.8 Å². The Morgan fingerprint density at radius 1 is 0.885 bits per heavy atom. The first-order chi connectivity index (χ1) is 12.6. The molecule has 0 aliphatic heterocycles. The van der Waals surface area contributed by atoms with Crippen LogP contribution in [0.4, 0.5) is 0 Å². The minimum absolute atomic E-state index is 0.259. The number of nitrogens with one attached hydrogen (secondary N) is 1. The minimum atomic E-state index is -3.61. The Morgan fingerprint density at radius 2 is 1.62 bits per heavy atom. The molecule has 0 bridgehead atoms. The molecule has 3 aromatic rings. The number of benzene rings is 3. The molecule has 1 N–H and O–H groups in total. The van der Waals surface area contributed by atoms with Gasteiger partial charge in [-0.2, -0.15) is 0 Å². The molecule has 0 aliphatic rings. The zero-order valence-electron chi connectivity index (χ0n) is 14.7. The molecule has 3 rings (SSSR count). The third-order valence-corrected chi connectivity index (χ3v) is 5.73. The maximum atomic E-state index is 12.7. The van der Waals surface area contributed by atoms with Gasteiger partial charge in [0.05, 0.1) is 19.1 Å². The summed E-state index contributed by atoms with van der Waals surface area (Å²) in [5, 5.41) is 1.60. The number of sulfonamides is 1. The van der Waals surface area contributed by atoms with E-state index < -0.39 is 10.0 Å². The Bertz CT molecular complexity index is 1010. The molecule has 0 spiro atoms. The Balaban J connectivity index is 1.79. The van der Waals surface area contributed by atoms with E-state index in [1.165, 1.54) is 0 Å². The summed E-state index contributed by atoms with van der Waals surface area (Å²) in [4.78, 5) is 0.285. The van der Waals surface area contributed by atoms with Crippen molar-refractivity contribution in [3.05, 3.63) is 66.2 Å². The van der Waals surface area contributed by atoms with E-state index in [0.29, 0.717) is 23.3 Å². The molecule has 6 heteroatoms. The lowest BCUT2D eigenvalue weighted by molar-refractivity contribution is 0.351.